The highest BCUT2D eigenvalue weighted by Crippen LogP contribution is 2.67. The highest BCUT2D eigenvalue weighted by Gasteiger charge is 2.60. The molecule has 0 saturated heterocycles. The number of hydrogen-bond donors (Lipinski definition) is 1. The van der Waals surface area contributed by atoms with Crippen LogP contribution in [-0.4, -0.2) is 17.2 Å². The first kappa shape index (κ1) is 26.7. The van der Waals surface area contributed by atoms with Crippen molar-refractivity contribution in [2.24, 2.45) is 46.3 Å². The van der Waals surface area contributed by atoms with E-state index in [-0.39, 0.29) is 11.4 Å². The number of aliphatic hydroxyl groups is 1. The second-order valence-electron chi connectivity index (χ2n) is 13.6. The molecular formula is C34H48O3. The summed E-state index contributed by atoms with van der Waals surface area (Å²) in [7, 11) is 0. The zero-order valence-electron chi connectivity index (χ0n) is 23.7. The molecule has 4 aliphatic rings. The van der Waals surface area contributed by atoms with Crippen LogP contribution in [0.1, 0.15) is 103 Å². The van der Waals surface area contributed by atoms with Crippen LogP contribution < -0.4 is 0 Å². The van der Waals surface area contributed by atoms with Gasteiger partial charge in [0.1, 0.15) is 5.76 Å². The molecule has 0 amide bonds. The van der Waals surface area contributed by atoms with Gasteiger partial charge >= 0.3 is 5.97 Å². The first-order valence-electron chi connectivity index (χ1n) is 15.0. The maximum absolute atomic E-state index is 13.1. The lowest BCUT2D eigenvalue weighted by Gasteiger charge is -2.58. The van der Waals surface area contributed by atoms with Gasteiger partial charge in [0.25, 0.3) is 0 Å². The van der Waals surface area contributed by atoms with Gasteiger partial charge in [0.15, 0.2) is 0 Å². The molecule has 202 valence electrons. The van der Waals surface area contributed by atoms with Crippen LogP contribution >= 0.6 is 0 Å². The quantitative estimate of drug-likeness (QED) is 0.300. The predicted octanol–water partition coefficient (Wildman–Crippen LogP) is 8.35. The SMILES string of the molecule is CC(C)CCC[C@@H](C)[C@H]1CC[C@H]2[C@@H]3CC=C4C[C@H](O)C=C(OC(=O)c5ccccc5)[C@]4(C)[C@H]3CC[C@]12C. The third kappa shape index (κ3) is 4.75. The van der Waals surface area contributed by atoms with Crippen molar-refractivity contribution in [3.8, 4) is 0 Å². The third-order valence-corrected chi connectivity index (χ3v) is 11.2. The summed E-state index contributed by atoms with van der Waals surface area (Å²) in [5, 5.41) is 10.7. The molecule has 0 bridgehead atoms. The molecule has 2 saturated carbocycles. The van der Waals surface area contributed by atoms with E-state index >= 15 is 0 Å². The van der Waals surface area contributed by atoms with E-state index in [0.29, 0.717) is 35.0 Å². The van der Waals surface area contributed by atoms with Gasteiger partial charge in [-0.2, -0.15) is 0 Å². The molecule has 0 heterocycles. The van der Waals surface area contributed by atoms with Crippen molar-refractivity contribution in [1.29, 1.82) is 0 Å². The maximum Gasteiger partial charge on any atom is 0.343 e. The van der Waals surface area contributed by atoms with Gasteiger partial charge in [0.05, 0.1) is 11.7 Å². The lowest BCUT2D eigenvalue weighted by Crippen LogP contribution is -2.51. The fourth-order valence-corrected chi connectivity index (χ4v) is 9.23. The lowest BCUT2D eigenvalue weighted by atomic mass is 9.47. The molecule has 1 N–H and O–H groups in total. The number of allylic oxidation sites excluding steroid dienone is 2. The van der Waals surface area contributed by atoms with Gasteiger partial charge in [-0.15, -0.1) is 0 Å². The molecule has 4 aliphatic carbocycles. The normalized spacial score (nSPS) is 37.6. The monoisotopic (exact) mass is 504 g/mol. The van der Waals surface area contributed by atoms with Gasteiger partial charge in [-0.25, -0.2) is 4.79 Å². The number of rotatable bonds is 7. The number of fused-ring (bicyclic) bond motifs is 5. The molecule has 0 aromatic heterocycles. The first-order valence-corrected chi connectivity index (χ1v) is 15.0. The molecule has 8 atom stereocenters. The summed E-state index contributed by atoms with van der Waals surface area (Å²) >= 11 is 0. The van der Waals surface area contributed by atoms with Crippen LogP contribution in [0.2, 0.25) is 0 Å². The minimum atomic E-state index is -0.592. The van der Waals surface area contributed by atoms with Crippen LogP contribution in [0.4, 0.5) is 0 Å². The van der Waals surface area contributed by atoms with Crippen molar-refractivity contribution in [2.45, 2.75) is 98.5 Å². The number of carbonyl (C=O) groups is 1. The van der Waals surface area contributed by atoms with Gasteiger partial charge in [0.2, 0.25) is 0 Å². The summed E-state index contributed by atoms with van der Waals surface area (Å²) in [6.45, 7) is 12.1. The van der Waals surface area contributed by atoms with E-state index in [1.54, 1.807) is 12.1 Å². The Labute approximate surface area is 224 Å². The third-order valence-electron chi connectivity index (χ3n) is 11.2. The smallest absolute Gasteiger partial charge is 0.343 e. The molecule has 0 radical (unpaired) electrons. The van der Waals surface area contributed by atoms with Crippen molar-refractivity contribution in [2.75, 3.05) is 0 Å². The maximum atomic E-state index is 13.1. The molecule has 37 heavy (non-hydrogen) atoms. The molecule has 0 spiro atoms. The molecule has 1 aromatic carbocycles. The zero-order chi connectivity index (χ0) is 26.4. The Kier molecular flexibility index (Phi) is 7.48. The fourth-order valence-electron chi connectivity index (χ4n) is 9.23. The Bertz CT molecular complexity index is 1040. The molecule has 0 aliphatic heterocycles. The van der Waals surface area contributed by atoms with E-state index in [1.807, 2.05) is 24.3 Å². The summed E-state index contributed by atoms with van der Waals surface area (Å²) in [6.07, 6.45) is 14.6. The molecular weight excluding hydrogens is 456 g/mol. The average molecular weight is 505 g/mol. The van der Waals surface area contributed by atoms with E-state index in [9.17, 15) is 9.90 Å². The first-order chi connectivity index (χ1) is 17.6. The largest absolute Gasteiger partial charge is 0.427 e. The number of esters is 1. The fraction of sp³-hybridized carbons (Fsp3) is 0.676. The Morgan fingerprint density at radius 3 is 2.54 bits per heavy atom. The van der Waals surface area contributed by atoms with Gasteiger partial charge < -0.3 is 9.84 Å². The van der Waals surface area contributed by atoms with Crippen molar-refractivity contribution < 1.29 is 14.6 Å². The van der Waals surface area contributed by atoms with E-state index in [2.05, 4.69) is 40.7 Å². The Morgan fingerprint density at radius 1 is 1.05 bits per heavy atom. The predicted molar refractivity (Wildman–Crippen MR) is 150 cm³/mol. The topological polar surface area (TPSA) is 46.5 Å². The Hall–Kier alpha value is -1.87. The summed E-state index contributed by atoms with van der Waals surface area (Å²) in [6, 6.07) is 9.25. The van der Waals surface area contributed by atoms with Crippen LogP contribution in [0.15, 0.2) is 53.8 Å². The number of aliphatic hydroxyl groups excluding tert-OH is 1. The van der Waals surface area contributed by atoms with Gasteiger partial charge in [0, 0.05) is 5.41 Å². The Morgan fingerprint density at radius 2 is 1.81 bits per heavy atom. The highest BCUT2D eigenvalue weighted by atomic mass is 16.5. The molecule has 2 fully saturated rings. The molecule has 3 nitrogen and oxygen atoms in total. The van der Waals surface area contributed by atoms with Crippen molar-refractivity contribution in [3.05, 3.63) is 59.4 Å². The van der Waals surface area contributed by atoms with Gasteiger partial charge in [-0.05, 0) is 105 Å². The molecule has 3 heteroatoms. The molecule has 0 unspecified atom stereocenters. The van der Waals surface area contributed by atoms with E-state index in [0.717, 1.165) is 30.1 Å². The second-order valence-corrected chi connectivity index (χ2v) is 13.6. The summed E-state index contributed by atoms with van der Waals surface area (Å²) < 4.78 is 6.15. The zero-order valence-corrected chi connectivity index (χ0v) is 23.7. The Balaban J connectivity index is 1.38. The minimum absolute atomic E-state index is 0.311. The van der Waals surface area contributed by atoms with E-state index in [4.69, 9.17) is 4.74 Å². The lowest BCUT2D eigenvalue weighted by molar-refractivity contribution is -0.0499. The van der Waals surface area contributed by atoms with E-state index < -0.39 is 6.10 Å². The van der Waals surface area contributed by atoms with Crippen LogP contribution in [-0.2, 0) is 4.74 Å². The van der Waals surface area contributed by atoms with Crippen LogP contribution in [0.3, 0.4) is 0 Å². The number of benzene rings is 1. The summed E-state index contributed by atoms with van der Waals surface area (Å²) in [5.41, 5.74) is 1.94. The van der Waals surface area contributed by atoms with Gasteiger partial charge in [-0.1, -0.05) is 76.8 Å². The van der Waals surface area contributed by atoms with E-state index in [1.165, 1.54) is 50.5 Å². The minimum Gasteiger partial charge on any atom is -0.427 e. The van der Waals surface area contributed by atoms with Crippen molar-refractivity contribution in [1.82, 2.24) is 0 Å². The van der Waals surface area contributed by atoms with Crippen LogP contribution in [0.5, 0.6) is 0 Å². The second kappa shape index (κ2) is 10.4. The van der Waals surface area contributed by atoms with Crippen molar-refractivity contribution >= 4 is 5.97 Å². The summed E-state index contributed by atoms with van der Waals surface area (Å²) in [5.74, 6) is 4.59. The number of hydrogen-bond acceptors (Lipinski definition) is 3. The molecule has 5 rings (SSSR count). The number of ether oxygens (including phenoxy) is 1. The van der Waals surface area contributed by atoms with Gasteiger partial charge in [-0.3, -0.25) is 0 Å². The van der Waals surface area contributed by atoms with Crippen LogP contribution in [0, 0.1) is 46.3 Å². The standard InChI is InChI=1S/C34H48O3/c1-22(2)10-9-11-23(3)28-16-17-29-27-15-14-25-20-26(35)21-31(37-32(36)24-12-7-6-8-13-24)34(25,5)30(27)18-19-33(28,29)4/h6-8,12-14,21-23,26-30,35H,9-11,15-20H2,1-5H3/t23-,26+,27+,28-,29+,30+,33-,34+/m1/s1. The van der Waals surface area contributed by atoms with Crippen LogP contribution in [0.25, 0.3) is 0 Å². The number of carbonyl (C=O) groups excluding carboxylic acids is 1. The molecule has 1 aromatic rings. The average Bonchev–Trinajstić information content (AvgIpc) is 3.22. The summed E-state index contributed by atoms with van der Waals surface area (Å²) in [4.78, 5) is 13.1. The highest BCUT2D eigenvalue weighted by molar-refractivity contribution is 5.90. The van der Waals surface area contributed by atoms with Crippen molar-refractivity contribution in [3.63, 3.8) is 0 Å².